The SMILES string of the molecule is CC(F)C(F)(F)C[SiH]1CCCCO1. The van der Waals surface area contributed by atoms with Gasteiger partial charge in [0.05, 0.1) is 0 Å². The lowest BCUT2D eigenvalue weighted by Crippen LogP contribution is -2.36. The van der Waals surface area contributed by atoms with Gasteiger partial charge < -0.3 is 4.43 Å². The normalized spacial score (nSPS) is 27.2. The quantitative estimate of drug-likeness (QED) is 0.653. The van der Waals surface area contributed by atoms with Crippen molar-refractivity contribution in [3.05, 3.63) is 0 Å². The van der Waals surface area contributed by atoms with E-state index < -0.39 is 21.1 Å². The van der Waals surface area contributed by atoms with Crippen molar-refractivity contribution in [1.82, 2.24) is 0 Å². The second-order valence-electron chi connectivity index (χ2n) is 3.57. The van der Waals surface area contributed by atoms with E-state index in [-0.39, 0.29) is 6.04 Å². The van der Waals surface area contributed by atoms with E-state index in [0.717, 1.165) is 25.8 Å². The molecule has 0 saturated carbocycles. The fourth-order valence-corrected chi connectivity index (χ4v) is 4.10. The molecule has 2 unspecified atom stereocenters. The Labute approximate surface area is 78.0 Å². The van der Waals surface area contributed by atoms with E-state index in [9.17, 15) is 13.2 Å². The van der Waals surface area contributed by atoms with E-state index >= 15 is 0 Å². The molecule has 1 rings (SSSR count). The first-order chi connectivity index (χ1) is 6.02. The standard InChI is InChI=1S/C8H15F3OSi/c1-7(9)8(10,11)6-13-5-3-2-4-12-13/h7,13H,2-6H2,1H3. The van der Waals surface area contributed by atoms with Gasteiger partial charge in [-0.25, -0.2) is 13.2 Å². The Morgan fingerprint density at radius 1 is 1.46 bits per heavy atom. The highest BCUT2D eigenvalue weighted by molar-refractivity contribution is 6.52. The first kappa shape index (κ1) is 11.0. The second kappa shape index (κ2) is 4.46. The molecule has 2 atom stereocenters. The van der Waals surface area contributed by atoms with Crippen LogP contribution >= 0.6 is 0 Å². The van der Waals surface area contributed by atoms with Crippen LogP contribution in [0.15, 0.2) is 0 Å². The zero-order valence-electron chi connectivity index (χ0n) is 7.73. The number of alkyl halides is 3. The predicted octanol–water partition coefficient (Wildman–Crippen LogP) is 2.51. The molecule has 0 bridgehead atoms. The monoisotopic (exact) mass is 212 g/mol. The molecule has 1 nitrogen and oxygen atoms in total. The summed E-state index contributed by atoms with van der Waals surface area (Å²) in [6.45, 7) is 1.50. The van der Waals surface area contributed by atoms with Crippen LogP contribution in [0.3, 0.4) is 0 Å². The van der Waals surface area contributed by atoms with Gasteiger partial charge in [0.2, 0.25) is 0 Å². The fourth-order valence-electron chi connectivity index (χ4n) is 1.43. The van der Waals surface area contributed by atoms with Crippen LogP contribution in [-0.4, -0.2) is 27.7 Å². The van der Waals surface area contributed by atoms with Gasteiger partial charge in [0.1, 0.15) is 0 Å². The highest BCUT2D eigenvalue weighted by atomic mass is 28.3. The van der Waals surface area contributed by atoms with Crippen molar-refractivity contribution in [2.75, 3.05) is 6.61 Å². The highest BCUT2D eigenvalue weighted by Gasteiger charge is 2.40. The van der Waals surface area contributed by atoms with Crippen LogP contribution in [0, 0.1) is 0 Å². The van der Waals surface area contributed by atoms with Crippen molar-refractivity contribution in [2.24, 2.45) is 0 Å². The molecule has 0 radical (unpaired) electrons. The van der Waals surface area contributed by atoms with E-state index in [1.165, 1.54) is 0 Å². The molecule has 0 N–H and O–H groups in total. The second-order valence-corrected chi connectivity index (χ2v) is 6.13. The molecule has 1 aliphatic heterocycles. The lowest BCUT2D eigenvalue weighted by molar-refractivity contribution is -0.0500. The Hall–Kier alpha value is -0.0331. The largest absolute Gasteiger partial charge is 0.420 e. The smallest absolute Gasteiger partial charge is 0.278 e. The van der Waals surface area contributed by atoms with Gasteiger partial charge in [0.25, 0.3) is 5.92 Å². The van der Waals surface area contributed by atoms with Crippen LogP contribution in [0.4, 0.5) is 13.2 Å². The Morgan fingerprint density at radius 2 is 2.15 bits per heavy atom. The first-order valence-corrected chi connectivity index (χ1v) is 6.76. The van der Waals surface area contributed by atoms with Gasteiger partial charge in [-0.1, -0.05) is 6.42 Å². The van der Waals surface area contributed by atoms with Crippen molar-refractivity contribution in [1.29, 1.82) is 0 Å². The molecule has 0 aliphatic carbocycles. The molecule has 1 aliphatic rings. The Balaban J connectivity index is 2.37. The summed E-state index contributed by atoms with van der Waals surface area (Å²) in [4.78, 5) is 0. The molecule has 0 aromatic heterocycles. The summed E-state index contributed by atoms with van der Waals surface area (Å²) in [5.74, 6) is -3.17. The topological polar surface area (TPSA) is 9.23 Å². The molecule has 1 fully saturated rings. The van der Waals surface area contributed by atoms with Crippen LogP contribution in [-0.2, 0) is 4.43 Å². The number of hydrogen-bond acceptors (Lipinski definition) is 1. The molecule has 0 amide bonds. The maximum absolute atomic E-state index is 12.9. The van der Waals surface area contributed by atoms with E-state index in [4.69, 9.17) is 4.43 Å². The summed E-state index contributed by atoms with van der Waals surface area (Å²) in [5, 5.41) is 0. The van der Waals surface area contributed by atoms with E-state index in [1.807, 2.05) is 0 Å². The van der Waals surface area contributed by atoms with Crippen molar-refractivity contribution in [3.63, 3.8) is 0 Å². The van der Waals surface area contributed by atoms with Gasteiger partial charge in [-0.05, 0) is 19.4 Å². The lowest BCUT2D eigenvalue weighted by Gasteiger charge is -2.26. The predicted molar refractivity (Wildman–Crippen MR) is 47.5 cm³/mol. The van der Waals surface area contributed by atoms with Gasteiger partial charge in [-0.3, -0.25) is 0 Å². The molecular formula is C8H15F3OSi. The lowest BCUT2D eigenvalue weighted by atomic mass is 10.3. The summed E-state index contributed by atoms with van der Waals surface area (Å²) in [6.07, 6.45) is -0.126. The van der Waals surface area contributed by atoms with Gasteiger partial charge in [-0.15, -0.1) is 0 Å². The third kappa shape index (κ3) is 3.30. The van der Waals surface area contributed by atoms with E-state index in [2.05, 4.69) is 0 Å². The summed E-state index contributed by atoms with van der Waals surface area (Å²) in [6, 6.07) is 0.424. The minimum atomic E-state index is -3.17. The number of hydrogen-bond donors (Lipinski definition) is 0. The van der Waals surface area contributed by atoms with Crippen LogP contribution in [0.25, 0.3) is 0 Å². The zero-order chi connectivity index (χ0) is 9.90. The molecule has 1 saturated heterocycles. The maximum atomic E-state index is 12.9. The van der Waals surface area contributed by atoms with Crippen LogP contribution < -0.4 is 0 Å². The third-order valence-electron chi connectivity index (χ3n) is 2.36. The molecule has 5 heteroatoms. The minimum Gasteiger partial charge on any atom is -0.420 e. The summed E-state index contributed by atoms with van der Waals surface area (Å²) in [5.41, 5.74) is 0. The number of rotatable bonds is 3. The van der Waals surface area contributed by atoms with Crippen molar-refractivity contribution >= 4 is 9.04 Å². The Bertz CT molecular complexity index is 157. The molecule has 78 valence electrons. The summed E-state index contributed by atoms with van der Waals surface area (Å²) >= 11 is 0. The molecule has 0 spiro atoms. The molecule has 13 heavy (non-hydrogen) atoms. The van der Waals surface area contributed by atoms with E-state index in [0.29, 0.717) is 6.61 Å². The average molecular weight is 212 g/mol. The van der Waals surface area contributed by atoms with Crippen molar-refractivity contribution in [3.8, 4) is 0 Å². The molecule has 0 aromatic rings. The van der Waals surface area contributed by atoms with Crippen molar-refractivity contribution < 1.29 is 17.6 Å². The Morgan fingerprint density at radius 3 is 2.62 bits per heavy atom. The Kier molecular flexibility index (Phi) is 3.79. The molecule has 0 aromatic carbocycles. The molecular weight excluding hydrogens is 197 g/mol. The first-order valence-electron chi connectivity index (χ1n) is 4.66. The zero-order valence-corrected chi connectivity index (χ0v) is 8.89. The third-order valence-corrected chi connectivity index (χ3v) is 5.11. The van der Waals surface area contributed by atoms with Gasteiger partial charge in [0.15, 0.2) is 15.2 Å². The van der Waals surface area contributed by atoms with Crippen LogP contribution in [0.1, 0.15) is 19.8 Å². The van der Waals surface area contributed by atoms with Crippen LogP contribution in [0.5, 0.6) is 0 Å². The summed E-state index contributed by atoms with van der Waals surface area (Å²) in [7, 11) is -1.80. The maximum Gasteiger partial charge on any atom is 0.278 e. The minimum absolute atomic E-state index is 0.343. The van der Waals surface area contributed by atoms with Crippen LogP contribution in [0.2, 0.25) is 12.1 Å². The average Bonchev–Trinajstić information content (AvgIpc) is 2.05. The van der Waals surface area contributed by atoms with Gasteiger partial charge >= 0.3 is 0 Å². The molecule has 1 heterocycles. The van der Waals surface area contributed by atoms with Gasteiger partial charge in [-0.2, -0.15) is 0 Å². The summed E-state index contributed by atoms with van der Waals surface area (Å²) < 4.78 is 43.5. The number of halogens is 3. The van der Waals surface area contributed by atoms with E-state index in [1.54, 1.807) is 0 Å². The highest BCUT2D eigenvalue weighted by Crippen LogP contribution is 2.30. The fraction of sp³-hybridized carbons (Fsp3) is 1.00. The van der Waals surface area contributed by atoms with Crippen molar-refractivity contribution in [2.45, 2.75) is 43.9 Å². The van der Waals surface area contributed by atoms with Gasteiger partial charge in [0, 0.05) is 12.7 Å².